The summed E-state index contributed by atoms with van der Waals surface area (Å²) in [6, 6.07) is 13.2. The van der Waals surface area contributed by atoms with Gasteiger partial charge in [-0.1, -0.05) is 12.1 Å². The predicted octanol–water partition coefficient (Wildman–Crippen LogP) is 2.76. The summed E-state index contributed by atoms with van der Waals surface area (Å²) in [7, 11) is 0. The molecule has 2 aromatic carbocycles. The summed E-state index contributed by atoms with van der Waals surface area (Å²) >= 11 is 0. The third kappa shape index (κ3) is 5.10. The minimum atomic E-state index is -0.257. The van der Waals surface area contributed by atoms with Crippen LogP contribution in [0.15, 0.2) is 36.4 Å². The van der Waals surface area contributed by atoms with E-state index in [1.54, 1.807) is 24.3 Å². The Labute approximate surface area is 164 Å². The Hall–Kier alpha value is -3.33. The topological polar surface area (TPSA) is 91.2 Å². The normalized spacial score (nSPS) is 12.8. The molecule has 0 spiro atoms. The van der Waals surface area contributed by atoms with Crippen LogP contribution in [0.2, 0.25) is 0 Å². The molecule has 1 saturated carbocycles. The molecule has 0 unspecified atom stereocenters. The second-order valence-electron chi connectivity index (χ2n) is 7.06. The van der Waals surface area contributed by atoms with Crippen molar-refractivity contribution in [3.8, 4) is 11.8 Å². The molecule has 0 bridgehead atoms. The second-order valence-corrected chi connectivity index (χ2v) is 7.06. The Kier molecular flexibility index (Phi) is 5.95. The molecule has 6 nitrogen and oxygen atoms in total. The Balaban J connectivity index is 1.50. The number of hydrogen-bond acceptors (Lipinski definition) is 4. The van der Waals surface area contributed by atoms with Crippen molar-refractivity contribution in [3.05, 3.63) is 64.2 Å². The number of nitrogens with one attached hydrogen (secondary N) is 2. The zero-order valence-electron chi connectivity index (χ0n) is 16.0. The smallest absolute Gasteiger partial charge is 0.258 e. The fraction of sp³-hybridized carbons (Fsp3) is 0.318. The number of benzene rings is 2. The first kappa shape index (κ1) is 19.4. The van der Waals surface area contributed by atoms with E-state index < -0.39 is 0 Å². The van der Waals surface area contributed by atoms with Crippen molar-refractivity contribution in [2.24, 2.45) is 0 Å². The number of nitrogens with zero attached hydrogens (tertiary/aromatic N) is 1. The highest BCUT2D eigenvalue weighted by molar-refractivity contribution is 5.94. The van der Waals surface area contributed by atoms with Crippen molar-refractivity contribution in [1.29, 1.82) is 5.26 Å². The fourth-order valence-electron chi connectivity index (χ4n) is 2.90. The average molecular weight is 377 g/mol. The quantitative estimate of drug-likeness (QED) is 0.776. The molecule has 1 aliphatic rings. The highest BCUT2D eigenvalue weighted by atomic mass is 16.5. The number of nitriles is 1. The number of amides is 2. The lowest BCUT2D eigenvalue weighted by atomic mass is 10.0. The van der Waals surface area contributed by atoms with E-state index in [1.165, 1.54) is 0 Å². The van der Waals surface area contributed by atoms with Gasteiger partial charge < -0.3 is 15.4 Å². The molecule has 2 N–H and O–H groups in total. The number of carbonyl (C=O) groups is 2. The summed E-state index contributed by atoms with van der Waals surface area (Å²) in [6.45, 7) is 3.88. The molecular weight excluding hydrogens is 354 g/mol. The number of ether oxygens (including phenoxy) is 1. The van der Waals surface area contributed by atoms with Crippen molar-refractivity contribution >= 4 is 11.8 Å². The molecule has 0 atom stereocenters. The minimum absolute atomic E-state index is 0.0782. The van der Waals surface area contributed by atoms with Crippen molar-refractivity contribution < 1.29 is 14.3 Å². The van der Waals surface area contributed by atoms with Gasteiger partial charge in [-0.3, -0.25) is 9.59 Å². The molecule has 2 aromatic rings. The molecule has 28 heavy (non-hydrogen) atoms. The fourth-order valence-corrected chi connectivity index (χ4v) is 2.90. The van der Waals surface area contributed by atoms with E-state index in [2.05, 4.69) is 16.7 Å². The summed E-state index contributed by atoms with van der Waals surface area (Å²) < 4.78 is 5.54. The Morgan fingerprint density at radius 2 is 1.89 bits per heavy atom. The van der Waals surface area contributed by atoms with Crippen LogP contribution in [0.3, 0.4) is 0 Å². The van der Waals surface area contributed by atoms with E-state index in [-0.39, 0.29) is 18.4 Å². The van der Waals surface area contributed by atoms with Crippen LogP contribution in [-0.4, -0.2) is 24.5 Å². The van der Waals surface area contributed by atoms with Crippen LogP contribution >= 0.6 is 0 Å². The summed E-state index contributed by atoms with van der Waals surface area (Å²) in [5.74, 6) is 0.223. The summed E-state index contributed by atoms with van der Waals surface area (Å²) in [5.41, 5.74) is 3.71. The first-order chi connectivity index (χ1) is 13.5. The minimum Gasteiger partial charge on any atom is -0.484 e. The van der Waals surface area contributed by atoms with Gasteiger partial charge in [0.2, 0.25) is 0 Å². The van der Waals surface area contributed by atoms with Crippen molar-refractivity contribution in [2.75, 3.05) is 6.61 Å². The lowest BCUT2D eigenvalue weighted by molar-refractivity contribution is -0.123. The molecule has 0 aliphatic heterocycles. The molecule has 3 rings (SSSR count). The summed E-state index contributed by atoms with van der Waals surface area (Å²) in [5, 5.41) is 14.8. The van der Waals surface area contributed by atoms with Gasteiger partial charge in [-0.2, -0.15) is 5.26 Å². The highest BCUT2D eigenvalue weighted by Crippen LogP contribution is 2.21. The number of carbonyl (C=O) groups excluding carboxylic acids is 2. The van der Waals surface area contributed by atoms with E-state index in [0.29, 0.717) is 29.5 Å². The Morgan fingerprint density at radius 1 is 1.18 bits per heavy atom. The molecule has 0 heterocycles. The van der Waals surface area contributed by atoms with Gasteiger partial charge in [0.15, 0.2) is 6.61 Å². The van der Waals surface area contributed by atoms with E-state index in [1.807, 2.05) is 26.0 Å². The average Bonchev–Trinajstić information content (AvgIpc) is 3.49. The Bertz CT molecular complexity index is 919. The molecule has 144 valence electrons. The maximum absolute atomic E-state index is 12.1. The van der Waals surface area contributed by atoms with Gasteiger partial charge in [-0.25, -0.2) is 0 Å². The van der Waals surface area contributed by atoms with Gasteiger partial charge >= 0.3 is 0 Å². The predicted molar refractivity (Wildman–Crippen MR) is 105 cm³/mol. The van der Waals surface area contributed by atoms with Crippen molar-refractivity contribution in [3.63, 3.8) is 0 Å². The number of rotatable bonds is 7. The lowest BCUT2D eigenvalue weighted by Crippen LogP contribution is -2.29. The molecule has 1 fully saturated rings. The van der Waals surface area contributed by atoms with Crippen molar-refractivity contribution in [2.45, 2.75) is 39.3 Å². The zero-order chi connectivity index (χ0) is 20.1. The van der Waals surface area contributed by atoms with Crippen LogP contribution in [0.1, 0.15) is 45.5 Å². The van der Waals surface area contributed by atoms with Gasteiger partial charge in [0, 0.05) is 18.2 Å². The Morgan fingerprint density at radius 3 is 2.54 bits per heavy atom. The largest absolute Gasteiger partial charge is 0.484 e. The third-order valence-corrected chi connectivity index (χ3v) is 4.58. The molecule has 2 amide bonds. The van der Waals surface area contributed by atoms with E-state index in [9.17, 15) is 9.59 Å². The number of hydrogen-bond donors (Lipinski definition) is 2. The van der Waals surface area contributed by atoms with Gasteiger partial charge in [-0.05, 0) is 67.6 Å². The second kappa shape index (κ2) is 8.57. The van der Waals surface area contributed by atoms with Crippen LogP contribution in [0, 0.1) is 25.2 Å². The van der Waals surface area contributed by atoms with E-state index >= 15 is 0 Å². The molecule has 1 aliphatic carbocycles. The zero-order valence-corrected chi connectivity index (χ0v) is 16.0. The van der Waals surface area contributed by atoms with Crippen LogP contribution in [0.4, 0.5) is 0 Å². The summed E-state index contributed by atoms with van der Waals surface area (Å²) in [6.07, 6.45) is 2.08. The van der Waals surface area contributed by atoms with Crippen molar-refractivity contribution in [1.82, 2.24) is 10.6 Å². The maximum atomic E-state index is 12.1. The standard InChI is InChI=1S/C22H23N3O3/c1-14-8-19(9-15(2)20(14)11-23)28-13-21(26)24-12-16-4-3-5-17(10-16)22(27)25-18-6-7-18/h3-5,8-10,18H,6-7,12-13H2,1-2H3,(H,24,26)(H,25,27). The van der Waals surface area contributed by atoms with Gasteiger partial charge in [0.25, 0.3) is 11.8 Å². The number of aryl methyl sites for hydroxylation is 2. The van der Waals surface area contributed by atoms with Gasteiger partial charge in [0.1, 0.15) is 5.75 Å². The molecule has 6 heteroatoms. The SMILES string of the molecule is Cc1cc(OCC(=O)NCc2cccc(C(=O)NC3CC3)c2)cc(C)c1C#N. The molecular formula is C22H23N3O3. The van der Waals surface area contributed by atoms with E-state index in [4.69, 9.17) is 10.00 Å². The first-order valence-corrected chi connectivity index (χ1v) is 9.27. The monoisotopic (exact) mass is 377 g/mol. The lowest BCUT2D eigenvalue weighted by Gasteiger charge is -2.11. The maximum Gasteiger partial charge on any atom is 0.258 e. The van der Waals surface area contributed by atoms with Gasteiger partial charge in [-0.15, -0.1) is 0 Å². The van der Waals surface area contributed by atoms with Gasteiger partial charge in [0.05, 0.1) is 11.6 Å². The highest BCUT2D eigenvalue weighted by Gasteiger charge is 2.23. The van der Waals surface area contributed by atoms with Crippen LogP contribution < -0.4 is 15.4 Å². The van der Waals surface area contributed by atoms with Crippen LogP contribution in [0.5, 0.6) is 5.75 Å². The first-order valence-electron chi connectivity index (χ1n) is 9.27. The van der Waals surface area contributed by atoms with Crippen LogP contribution in [0.25, 0.3) is 0 Å². The summed E-state index contributed by atoms with van der Waals surface area (Å²) in [4.78, 5) is 24.2. The molecule has 0 aromatic heterocycles. The van der Waals surface area contributed by atoms with E-state index in [0.717, 1.165) is 29.5 Å². The third-order valence-electron chi connectivity index (χ3n) is 4.58. The van der Waals surface area contributed by atoms with Crippen LogP contribution in [-0.2, 0) is 11.3 Å². The molecule has 0 radical (unpaired) electrons. The molecule has 0 saturated heterocycles.